The van der Waals surface area contributed by atoms with Crippen LogP contribution in [0.15, 0.2) is 54.6 Å². The zero-order valence-electron chi connectivity index (χ0n) is 11.9. The van der Waals surface area contributed by atoms with Crippen LogP contribution in [0.2, 0.25) is 0 Å². The van der Waals surface area contributed by atoms with E-state index in [0.29, 0.717) is 0 Å². The van der Waals surface area contributed by atoms with Crippen molar-refractivity contribution in [3.05, 3.63) is 60.2 Å². The van der Waals surface area contributed by atoms with E-state index in [9.17, 15) is 0 Å². The average molecular weight is 262 g/mol. The highest BCUT2D eigenvalue weighted by Crippen LogP contribution is 2.29. The van der Waals surface area contributed by atoms with Gasteiger partial charge in [0.1, 0.15) is 5.82 Å². The van der Waals surface area contributed by atoms with Gasteiger partial charge in [0.15, 0.2) is 0 Å². The number of fused-ring (bicyclic) bond motifs is 1. The first-order chi connectivity index (χ1) is 9.79. The molecule has 2 heteroatoms. The summed E-state index contributed by atoms with van der Waals surface area (Å²) < 4.78 is 0. The molecule has 3 rings (SSSR count). The second-order valence-electron chi connectivity index (χ2n) is 4.93. The molecule has 3 aromatic rings. The Morgan fingerprint density at radius 2 is 1.80 bits per heavy atom. The predicted molar refractivity (Wildman–Crippen MR) is 86.1 cm³/mol. The topological polar surface area (TPSA) is 24.9 Å². The fraction of sp³-hybridized carbons (Fsp3) is 0.167. The molecule has 0 aliphatic carbocycles. The van der Waals surface area contributed by atoms with E-state index in [1.54, 1.807) is 0 Å². The Labute approximate surface area is 119 Å². The van der Waals surface area contributed by atoms with Gasteiger partial charge in [0.2, 0.25) is 0 Å². The lowest BCUT2D eigenvalue weighted by molar-refractivity contribution is 1.16. The first-order valence-corrected chi connectivity index (χ1v) is 6.99. The second-order valence-corrected chi connectivity index (χ2v) is 4.93. The van der Waals surface area contributed by atoms with Crippen molar-refractivity contribution >= 4 is 16.7 Å². The summed E-state index contributed by atoms with van der Waals surface area (Å²) >= 11 is 0. The summed E-state index contributed by atoms with van der Waals surface area (Å²) in [7, 11) is 0. The number of rotatable bonds is 3. The maximum Gasteiger partial charge on any atom is 0.129 e. The molecule has 0 fully saturated rings. The number of aryl methyl sites for hydroxylation is 1. The maximum absolute atomic E-state index is 4.83. The van der Waals surface area contributed by atoms with Gasteiger partial charge in [-0.25, -0.2) is 4.98 Å². The third-order valence-corrected chi connectivity index (χ3v) is 3.47. The quantitative estimate of drug-likeness (QED) is 0.743. The Kier molecular flexibility index (Phi) is 3.38. The molecule has 0 unspecified atom stereocenters. The second kappa shape index (κ2) is 5.33. The van der Waals surface area contributed by atoms with Crippen LogP contribution >= 0.6 is 0 Å². The summed E-state index contributed by atoms with van der Waals surface area (Å²) in [4.78, 5) is 4.83. The van der Waals surface area contributed by atoms with Crippen LogP contribution in [-0.2, 0) is 0 Å². The molecule has 100 valence electrons. The van der Waals surface area contributed by atoms with E-state index < -0.39 is 0 Å². The number of hydrogen-bond acceptors (Lipinski definition) is 2. The van der Waals surface area contributed by atoms with Crippen LogP contribution in [0.4, 0.5) is 5.82 Å². The first kappa shape index (κ1) is 12.7. The van der Waals surface area contributed by atoms with Gasteiger partial charge in [-0.3, -0.25) is 0 Å². The number of pyridine rings is 1. The van der Waals surface area contributed by atoms with Gasteiger partial charge in [0.25, 0.3) is 0 Å². The van der Waals surface area contributed by atoms with Crippen molar-refractivity contribution in [3.8, 4) is 11.1 Å². The van der Waals surface area contributed by atoms with E-state index in [-0.39, 0.29) is 0 Å². The largest absolute Gasteiger partial charge is 0.370 e. The Balaban J connectivity index is 2.25. The van der Waals surface area contributed by atoms with Crippen LogP contribution < -0.4 is 5.32 Å². The summed E-state index contributed by atoms with van der Waals surface area (Å²) in [6.07, 6.45) is 0. The number of nitrogens with one attached hydrogen (secondary N) is 1. The van der Waals surface area contributed by atoms with Crippen LogP contribution in [0.3, 0.4) is 0 Å². The molecule has 0 aliphatic rings. The Morgan fingerprint density at radius 3 is 2.55 bits per heavy atom. The minimum Gasteiger partial charge on any atom is -0.370 e. The third kappa shape index (κ3) is 2.25. The van der Waals surface area contributed by atoms with Crippen LogP contribution in [0, 0.1) is 6.92 Å². The first-order valence-electron chi connectivity index (χ1n) is 6.99. The molecule has 0 saturated heterocycles. The number of anilines is 1. The Bertz CT molecular complexity index is 733. The Morgan fingerprint density at radius 1 is 1.00 bits per heavy atom. The van der Waals surface area contributed by atoms with Gasteiger partial charge < -0.3 is 5.32 Å². The van der Waals surface area contributed by atoms with Crippen molar-refractivity contribution in [3.63, 3.8) is 0 Å². The molecule has 0 atom stereocenters. The molecule has 0 bridgehead atoms. The molecule has 1 N–H and O–H groups in total. The fourth-order valence-electron chi connectivity index (χ4n) is 2.50. The SMILES string of the molecule is CCNc1nc2c(-c3ccccc3)cccc2cc1C. The third-order valence-electron chi connectivity index (χ3n) is 3.47. The average Bonchev–Trinajstić information content (AvgIpc) is 2.48. The van der Waals surface area contributed by atoms with Crippen molar-refractivity contribution < 1.29 is 0 Å². The highest BCUT2D eigenvalue weighted by Gasteiger charge is 2.08. The molecule has 0 aliphatic heterocycles. The van der Waals surface area contributed by atoms with Gasteiger partial charge in [-0.15, -0.1) is 0 Å². The van der Waals surface area contributed by atoms with Crippen LogP contribution in [-0.4, -0.2) is 11.5 Å². The van der Waals surface area contributed by atoms with E-state index in [1.165, 1.54) is 22.1 Å². The van der Waals surface area contributed by atoms with Crippen molar-refractivity contribution in [1.82, 2.24) is 4.98 Å². The van der Waals surface area contributed by atoms with Gasteiger partial charge in [-0.1, -0.05) is 48.5 Å². The molecule has 2 aromatic carbocycles. The zero-order valence-corrected chi connectivity index (χ0v) is 11.9. The number of hydrogen-bond donors (Lipinski definition) is 1. The molecule has 0 amide bonds. The van der Waals surface area contributed by atoms with Crippen molar-refractivity contribution in [2.45, 2.75) is 13.8 Å². The smallest absolute Gasteiger partial charge is 0.129 e. The molecule has 0 spiro atoms. The number of benzene rings is 2. The summed E-state index contributed by atoms with van der Waals surface area (Å²) in [5, 5.41) is 4.52. The molecule has 0 saturated carbocycles. The lowest BCUT2D eigenvalue weighted by Crippen LogP contribution is -2.02. The lowest BCUT2D eigenvalue weighted by Gasteiger charge is -2.11. The molecule has 2 nitrogen and oxygen atoms in total. The van der Waals surface area contributed by atoms with E-state index in [4.69, 9.17) is 4.98 Å². The van der Waals surface area contributed by atoms with Gasteiger partial charge in [0.05, 0.1) is 5.52 Å². The fourth-order valence-corrected chi connectivity index (χ4v) is 2.50. The van der Waals surface area contributed by atoms with Crippen molar-refractivity contribution in [2.24, 2.45) is 0 Å². The van der Waals surface area contributed by atoms with Gasteiger partial charge >= 0.3 is 0 Å². The van der Waals surface area contributed by atoms with Crippen molar-refractivity contribution in [2.75, 3.05) is 11.9 Å². The van der Waals surface area contributed by atoms with Crippen molar-refractivity contribution in [1.29, 1.82) is 0 Å². The summed E-state index contributed by atoms with van der Waals surface area (Å²) in [5.74, 6) is 0.975. The predicted octanol–water partition coefficient (Wildman–Crippen LogP) is 4.64. The lowest BCUT2D eigenvalue weighted by atomic mass is 10.0. The minimum absolute atomic E-state index is 0.882. The highest BCUT2D eigenvalue weighted by atomic mass is 15.0. The standard InChI is InChI=1S/C18H18N2/c1-3-19-18-13(2)12-15-10-7-11-16(17(15)20-18)14-8-5-4-6-9-14/h4-12H,3H2,1-2H3,(H,19,20). The van der Waals surface area contributed by atoms with E-state index in [1.807, 2.05) is 6.07 Å². The monoisotopic (exact) mass is 262 g/mol. The summed E-state index contributed by atoms with van der Waals surface area (Å²) in [5.41, 5.74) is 4.63. The molecular formula is C18H18N2. The van der Waals surface area contributed by atoms with Crippen LogP contribution in [0.25, 0.3) is 22.0 Å². The number of nitrogens with zero attached hydrogens (tertiary/aromatic N) is 1. The van der Waals surface area contributed by atoms with E-state index in [2.05, 4.69) is 67.7 Å². The summed E-state index contributed by atoms with van der Waals surface area (Å²) in [6, 6.07) is 19.0. The number of aromatic nitrogens is 1. The number of para-hydroxylation sites is 1. The molecule has 1 heterocycles. The molecule has 1 aromatic heterocycles. The minimum atomic E-state index is 0.882. The van der Waals surface area contributed by atoms with Crippen LogP contribution in [0.5, 0.6) is 0 Å². The summed E-state index contributed by atoms with van der Waals surface area (Å²) in [6.45, 7) is 5.07. The van der Waals surface area contributed by atoms with Gasteiger partial charge in [0, 0.05) is 17.5 Å². The molecular weight excluding hydrogens is 244 g/mol. The zero-order chi connectivity index (χ0) is 13.9. The van der Waals surface area contributed by atoms with E-state index >= 15 is 0 Å². The molecule has 20 heavy (non-hydrogen) atoms. The van der Waals surface area contributed by atoms with Crippen LogP contribution in [0.1, 0.15) is 12.5 Å². The maximum atomic E-state index is 4.83. The van der Waals surface area contributed by atoms with E-state index in [0.717, 1.165) is 17.9 Å². The normalized spacial score (nSPS) is 10.7. The van der Waals surface area contributed by atoms with Gasteiger partial charge in [-0.05, 0) is 31.0 Å². The van der Waals surface area contributed by atoms with Gasteiger partial charge in [-0.2, -0.15) is 0 Å². The molecule has 0 radical (unpaired) electrons. The Hall–Kier alpha value is -2.35. The highest BCUT2D eigenvalue weighted by molar-refractivity contribution is 5.95.